The minimum absolute atomic E-state index is 0.0165. The molecule has 0 fully saturated rings. The number of rotatable bonds is 4. The van der Waals surface area contributed by atoms with Crippen molar-refractivity contribution in [2.24, 2.45) is 7.05 Å². The lowest BCUT2D eigenvalue weighted by atomic mass is 10.1. The van der Waals surface area contributed by atoms with E-state index >= 15 is 0 Å². The maximum Gasteiger partial charge on any atom is 0.295 e. The summed E-state index contributed by atoms with van der Waals surface area (Å²) in [4.78, 5) is 25.5. The van der Waals surface area contributed by atoms with Crippen LogP contribution in [0, 0.1) is 12.7 Å². The summed E-state index contributed by atoms with van der Waals surface area (Å²) in [5.41, 5.74) is 1.33. The van der Waals surface area contributed by atoms with Gasteiger partial charge in [0.2, 0.25) is 0 Å². The molecule has 0 spiro atoms. The van der Waals surface area contributed by atoms with Gasteiger partial charge in [-0.3, -0.25) is 14.3 Å². The highest BCUT2D eigenvalue weighted by Gasteiger charge is 2.21. The lowest BCUT2D eigenvalue weighted by molar-refractivity contribution is 0.0997. The number of furan rings is 1. The summed E-state index contributed by atoms with van der Waals surface area (Å²) in [6, 6.07) is 18.2. The summed E-state index contributed by atoms with van der Waals surface area (Å²) < 4.78 is 22.6. The Morgan fingerprint density at radius 2 is 1.69 bits per heavy atom. The van der Waals surface area contributed by atoms with Gasteiger partial charge in [0, 0.05) is 7.05 Å². The number of benzene rings is 2. The van der Waals surface area contributed by atoms with E-state index in [2.05, 4.69) is 5.32 Å². The minimum Gasteiger partial charge on any atom is -0.451 e. The Balaban J connectivity index is 1.65. The standard InChI is InChI=1S/C22H18FN3O3/c1-14-20(22(28)26(25(14)2)15-8-4-3-5-9-15)24-21(27)19-13-12-18(29-19)16-10-6-7-11-17(16)23/h3-13H,1-2H3,(H,24,27). The van der Waals surface area contributed by atoms with Gasteiger partial charge in [0.15, 0.2) is 5.76 Å². The monoisotopic (exact) mass is 391 g/mol. The molecule has 0 atom stereocenters. The van der Waals surface area contributed by atoms with Crippen molar-refractivity contribution in [2.75, 3.05) is 5.32 Å². The summed E-state index contributed by atoms with van der Waals surface area (Å²) in [5.74, 6) is -0.811. The molecule has 0 aliphatic carbocycles. The van der Waals surface area contributed by atoms with Gasteiger partial charge in [-0.25, -0.2) is 9.07 Å². The highest BCUT2D eigenvalue weighted by molar-refractivity contribution is 6.02. The molecule has 4 rings (SSSR count). The maximum atomic E-state index is 13.9. The van der Waals surface area contributed by atoms with Gasteiger partial charge in [0.05, 0.1) is 16.9 Å². The van der Waals surface area contributed by atoms with Crippen molar-refractivity contribution in [2.45, 2.75) is 6.92 Å². The highest BCUT2D eigenvalue weighted by Crippen LogP contribution is 2.25. The molecule has 1 N–H and O–H groups in total. The van der Waals surface area contributed by atoms with Crippen LogP contribution in [-0.4, -0.2) is 15.3 Å². The van der Waals surface area contributed by atoms with Gasteiger partial charge in [-0.2, -0.15) is 0 Å². The molecule has 4 aromatic rings. The number of aromatic nitrogens is 2. The number of carbonyl (C=O) groups excluding carboxylic acids is 1. The average Bonchev–Trinajstić information content (AvgIpc) is 3.29. The Morgan fingerprint density at radius 3 is 2.41 bits per heavy atom. The first kappa shape index (κ1) is 18.5. The van der Waals surface area contributed by atoms with E-state index in [0.717, 1.165) is 0 Å². The first-order valence-electron chi connectivity index (χ1n) is 8.97. The van der Waals surface area contributed by atoms with E-state index in [4.69, 9.17) is 4.42 Å². The third-order valence-electron chi connectivity index (χ3n) is 4.76. The van der Waals surface area contributed by atoms with Crippen LogP contribution in [0.15, 0.2) is 75.9 Å². The number of para-hydroxylation sites is 1. The van der Waals surface area contributed by atoms with E-state index < -0.39 is 11.7 Å². The van der Waals surface area contributed by atoms with E-state index in [9.17, 15) is 14.0 Å². The SMILES string of the molecule is Cc1c(NC(=O)c2ccc(-c3ccccc3F)o2)c(=O)n(-c2ccccc2)n1C. The first-order valence-corrected chi connectivity index (χ1v) is 8.97. The fraction of sp³-hybridized carbons (Fsp3) is 0.0909. The van der Waals surface area contributed by atoms with Crippen LogP contribution in [0.4, 0.5) is 10.1 Å². The second kappa shape index (κ2) is 7.27. The molecule has 0 aliphatic heterocycles. The van der Waals surface area contributed by atoms with Gasteiger partial charge in [0.25, 0.3) is 11.5 Å². The van der Waals surface area contributed by atoms with Crippen LogP contribution >= 0.6 is 0 Å². The number of nitrogens with zero attached hydrogens (tertiary/aromatic N) is 2. The van der Waals surface area contributed by atoms with Crippen LogP contribution in [-0.2, 0) is 7.05 Å². The number of halogens is 1. The van der Waals surface area contributed by atoms with E-state index in [1.807, 2.05) is 18.2 Å². The summed E-state index contributed by atoms with van der Waals surface area (Å²) in [7, 11) is 1.74. The fourth-order valence-corrected chi connectivity index (χ4v) is 3.15. The average molecular weight is 391 g/mol. The van der Waals surface area contributed by atoms with E-state index in [1.54, 1.807) is 49.0 Å². The first-order chi connectivity index (χ1) is 14.0. The summed E-state index contributed by atoms with van der Waals surface area (Å²) in [6.45, 7) is 1.74. The van der Waals surface area contributed by atoms with Crippen LogP contribution in [0.1, 0.15) is 16.2 Å². The Bertz CT molecular complexity index is 1250. The molecule has 29 heavy (non-hydrogen) atoms. The van der Waals surface area contributed by atoms with Crippen LogP contribution in [0.2, 0.25) is 0 Å². The summed E-state index contributed by atoms with van der Waals surface area (Å²) in [5, 5.41) is 2.62. The van der Waals surface area contributed by atoms with Gasteiger partial charge in [-0.05, 0) is 43.3 Å². The van der Waals surface area contributed by atoms with Gasteiger partial charge < -0.3 is 9.73 Å². The smallest absolute Gasteiger partial charge is 0.295 e. The van der Waals surface area contributed by atoms with Crippen molar-refractivity contribution >= 4 is 11.6 Å². The van der Waals surface area contributed by atoms with E-state index in [0.29, 0.717) is 11.4 Å². The topological polar surface area (TPSA) is 69.2 Å². The third-order valence-corrected chi connectivity index (χ3v) is 4.76. The Hall–Kier alpha value is -3.87. The molecule has 0 saturated heterocycles. The van der Waals surface area contributed by atoms with Crippen LogP contribution in [0.25, 0.3) is 17.0 Å². The summed E-state index contributed by atoms with van der Waals surface area (Å²) >= 11 is 0. The quantitative estimate of drug-likeness (QED) is 0.569. The molecule has 7 heteroatoms. The van der Waals surface area contributed by atoms with Crippen molar-refractivity contribution in [3.8, 4) is 17.0 Å². The van der Waals surface area contributed by atoms with Crippen LogP contribution < -0.4 is 10.9 Å². The summed E-state index contributed by atoms with van der Waals surface area (Å²) in [6.07, 6.45) is 0. The molecule has 0 aliphatic rings. The van der Waals surface area contributed by atoms with Crippen molar-refractivity contribution in [3.05, 3.63) is 94.4 Å². The van der Waals surface area contributed by atoms with Gasteiger partial charge in [-0.1, -0.05) is 30.3 Å². The number of amides is 1. The van der Waals surface area contributed by atoms with Crippen molar-refractivity contribution in [3.63, 3.8) is 0 Å². The maximum absolute atomic E-state index is 13.9. The molecule has 0 bridgehead atoms. The second-order valence-electron chi connectivity index (χ2n) is 6.53. The molecule has 146 valence electrons. The number of hydrogen-bond acceptors (Lipinski definition) is 3. The van der Waals surface area contributed by atoms with Crippen molar-refractivity contribution in [1.82, 2.24) is 9.36 Å². The molecule has 0 radical (unpaired) electrons. The minimum atomic E-state index is -0.585. The molecular weight excluding hydrogens is 373 g/mol. The predicted molar refractivity (Wildman–Crippen MR) is 108 cm³/mol. The van der Waals surface area contributed by atoms with Crippen molar-refractivity contribution < 1.29 is 13.6 Å². The third kappa shape index (κ3) is 3.27. The number of hydrogen-bond donors (Lipinski definition) is 1. The predicted octanol–water partition coefficient (Wildman–Crippen LogP) is 4.14. The Labute approximate surface area is 165 Å². The van der Waals surface area contributed by atoms with E-state index in [1.165, 1.54) is 22.9 Å². The lowest BCUT2D eigenvalue weighted by Gasteiger charge is -2.07. The molecule has 1 amide bonds. The normalized spacial score (nSPS) is 10.9. The molecular formula is C22H18FN3O3. The van der Waals surface area contributed by atoms with Gasteiger partial charge in [-0.15, -0.1) is 0 Å². The van der Waals surface area contributed by atoms with Crippen LogP contribution in [0.5, 0.6) is 0 Å². The highest BCUT2D eigenvalue weighted by atomic mass is 19.1. The van der Waals surface area contributed by atoms with Crippen LogP contribution in [0.3, 0.4) is 0 Å². The fourth-order valence-electron chi connectivity index (χ4n) is 3.15. The largest absolute Gasteiger partial charge is 0.451 e. The zero-order valence-corrected chi connectivity index (χ0v) is 15.8. The lowest BCUT2D eigenvalue weighted by Crippen LogP contribution is -2.22. The zero-order chi connectivity index (χ0) is 20.5. The molecule has 6 nitrogen and oxygen atoms in total. The number of anilines is 1. The Morgan fingerprint density at radius 1 is 1.00 bits per heavy atom. The number of carbonyl (C=O) groups is 1. The van der Waals surface area contributed by atoms with Gasteiger partial charge >= 0.3 is 0 Å². The van der Waals surface area contributed by atoms with Gasteiger partial charge in [0.1, 0.15) is 17.3 Å². The van der Waals surface area contributed by atoms with Crippen molar-refractivity contribution in [1.29, 1.82) is 0 Å². The molecule has 2 aromatic heterocycles. The zero-order valence-electron chi connectivity index (χ0n) is 15.8. The van der Waals surface area contributed by atoms with E-state index in [-0.39, 0.29) is 28.3 Å². The molecule has 2 aromatic carbocycles. The molecule has 2 heterocycles. The number of nitrogens with one attached hydrogen (secondary N) is 1. The Kier molecular flexibility index (Phi) is 4.64. The molecule has 0 saturated carbocycles. The second-order valence-corrected chi connectivity index (χ2v) is 6.53. The molecule has 0 unspecified atom stereocenters.